The van der Waals surface area contributed by atoms with Gasteiger partial charge in [-0.05, 0) is 60.7 Å². The van der Waals surface area contributed by atoms with Crippen molar-refractivity contribution in [1.29, 1.82) is 0 Å². The lowest BCUT2D eigenvalue weighted by Gasteiger charge is -2.40. The van der Waals surface area contributed by atoms with Crippen LogP contribution in [-0.4, -0.2) is 22.6 Å². The molecular formula is C19H24O4S. The van der Waals surface area contributed by atoms with Crippen molar-refractivity contribution in [2.24, 2.45) is 5.41 Å². The molecule has 130 valence electrons. The number of benzene rings is 1. The molecule has 0 fully saturated rings. The number of carbonyl (C=O) groups is 2. The monoisotopic (exact) mass is 348 g/mol. The number of rotatable bonds is 3. The van der Waals surface area contributed by atoms with Gasteiger partial charge >= 0.3 is 11.9 Å². The number of fused-ring (bicyclic) bond motifs is 1. The third-order valence-electron chi connectivity index (χ3n) is 4.04. The molecule has 0 saturated carbocycles. The van der Waals surface area contributed by atoms with Gasteiger partial charge in [0.2, 0.25) is 0 Å². The number of ether oxygens (including phenoxy) is 1. The smallest absolute Gasteiger partial charge is 0.329 e. The molecule has 0 spiro atoms. The van der Waals surface area contributed by atoms with Crippen LogP contribution in [0.25, 0.3) is 10.1 Å². The summed E-state index contributed by atoms with van der Waals surface area (Å²) < 4.78 is 6.57. The van der Waals surface area contributed by atoms with Crippen molar-refractivity contribution in [3.05, 3.63) is 35.2 Å². The van der Waals surface area contributed by atoms with E-state index >= 15 is 0 Å². The topological polar surface area (TPSA) is 63.6 Å². The van der Waals surface area contributed by atoms with Gasteiger partial charge in [-0.15, -0.1) is 11.3 Å². The van der Waals surface area contributed by atoms with Crippen molar-refractivity contribution in [3.8, 4) is 0 Å². The zero-order valence-corrected chi connectivity index (χ0v) is 15.8. The van der Waals surface area contributed by atoms with E-state index in [9.17, 15) is 14.7 Å². The van der Waals surface area contributed by atoms with E-state index in [1.165, 1.54) is 0 Å². The molecule has 1 atom stereocenters. The quantitative estimate of drug-likeness (QED) is 0.650. The molecule has 0 amide bonds. The van der Waals surface area contributed by atoms with Crippen molar-refractivity contribution in [2.75, 3.05) is 0 Å². The van der Waals surface area contributed by atoms with Crippen LogP contribution >= 0.6 is 11.3 Å². The summed E-state index contributed by atoms with van der Waals surface area (Å²) in [6.45, 7) is 10.5. The SMILES string of the molecule is CC(C)(C)OC(=O)C(C(=O)O)(c1ccc2sccc2c1)C(C)(C)C. The highest BCUT2D eigenvalue weighted by Crippen LogP contribution is 2.45. The molecule has 5 heteroatoms. The normalized spacial score (nSPS) is 15.1. The zero-order valence-electron chi connectivity index (χ0n) is 15.0. The van der Waals surface area contributed by atoms with E-state index in [2.05, 4.69) is 0 Å². The second kappa shape index (κ2) is 5.88. The van der Waals surface area contributed by atoms with E-state index < -0.39 is 28.4 Å². The van der Waals surface area contributed by atoms with E-state index in [1.54, 1.807) is 65.0 Å². The summed E-state index contributed by atoms with van der Waals surface area (Å²) in [4.78, 5) is 25.4. The first kappa shape index (κ1) is 18.5. The van der Waals surface area contributed by atoms with Crippen LogP contribution in [0.1, 0.15) is 47.1 Å². The van der Waals surface area contributed by atoms with Crippen LogP contribution < -0.4 is 0 Å². The highest BCUT2D eigenvalue weighted by molar-refractivity contribution is 7.17. The number of aliphatic carboxylic acids is 1. The Labute approximate surface area is 146 Å². The van der Waals surface area contributed by atoms with Crippen LogP contribution in [0.15, 0.2) is 29.6 Å². The Balaban J connectivity index is 2.73. The molecule has 24 heavy (non-hydrogen) atoms. The highest BCUT2D eigenvalue weighted by atomic mass is 32.1. The maximum absolute atomic E-state index is 13.0. The van der Waals surface area contributed by atoms with Crippen molar-refractivity contribution in [1.82, 2.24) is 0 Å². The molecule has 1 heterocycles. The van der Waals surface area contributed by atoms with Crippen LogP contribution in [0.4, 0.5) is 0 Å². The van der Waals surface area contributed by atoms with Gasteiger partial charge in [0.15, 0.2) is 5.41 Å². The fourth-order valence-electron chi connectivity index (χ4n) is 2.94. The second-order valence-electron chi connectivity index (χ2n) is 7.98. The van der Waals surface area contributed by atoms with Crippen LogP contribution in [0.3, 0.4) is 0 Å². The molecule has 0 aliphatic carbocycles. The first-order chi connectivity index (χ1) is 10.9. The van der Waals surface area contributed by atoms with Crippen LogP contribution in [0, 0.1) is 5.41 Å². The van der Waals surface area contributed by atoms with Crippen LogP contribution in [0.2, 0.25) is 0 Å². The van der Waals surface area contributed by atoms with Gasteiger partial charge in [0, 0.05) is 4.70 Å². The second-order valence-corrected chi connectivity index (χ2v) is 8.93. The number of carboxylic acids is 1. The van der Waals surface area contributed by atoms with E-state index in [0.29, 0.717) is 5.56 Å². The summed E-state index contributed by atoms with van der Waals surface area (Å²) in [5.74, 6) is -1.93. The fraction of sp³-hybridized carbons (Fsp3) is 0.474. The third-order valence-corrected chi connectivity index (χ3v) is 4.93. The molecule has 0 saturated heterocycles. The average Bonchev–Trinajstić information content (AvgIpc) is 2.82. The van der Waals surface area contributed by atoms with Gasteiger partial charge in [0.1, 0.15) is 5.60 Å². The number of hydrogen-bond donors (Lipinski definition) is 1. The molecule has 2 aromatic rings. The molecule has 0 radical (unpaired) electrons. The summed E-state index contributed by atoms with van der Waals surface area (Å²) in [5, 5.41) is 13.0. The minimum Gasteiger partial charge on any atom is -0.480 e. The molecule has 4 nitrogen and oxygen atoms in total. The Kier molecular flexibility index (Phi) is 4.53. The number of thiophene rings is 1. The van der Waals surface area contributed by atoms with Gasteiger partial charge in [0.25, 0.3) is 0 Å². The molecule has 0 bridgehead atoms. The molecule has 1 N–H and O–H groups in total. The van der Waals surface area contributed by atoms with Crippen molar-refractivity contribution < 1.29 is 19.4 Å². The maximum atomic E-state index is 13.0. The first-order valence-corrected chi connectivity index (χ1v) is 8.72. The van der Waals surface area contributed by atoms with E-state index in [0.717, 1.165) is 10.1 Å². The lowest BCUT2D eigenvalue weighted by molar-refractivity contribution is -0.176. The predicted molar refractivity (Wildman–Crippen MR) is 96.4 cm³/mol. The van der Waals surface area contributed by atoms with Crippen molar-refractivity contribution in [3.63, 3.8) is 0 Å². The third kappa shape index (κ3) is 3.05. The molecule has 0 aliphatic rings. The lowest BCUT2D eigenvalue weighted by atomic mass is 9.62. The zero-order chi connectivity index (χ0) is 18.3. The number of hydrogen-bond acceptors (Lipinski definition) is 4. The predicted octanol–water partition coefficient (Wildman–Crippen LogP) is 4.61. The molecule has 1 aromatic heterocycles. The Morgan fingerprint density at radius 3 is 2.17 bits per heavy atom. The fourth-order valence-corrected chi connectivity index (χ4v) is 3.71. The van der Waals surface area contributed by atoms with E-state index in [4.69, 9.17) is 4.74 Å². The number of esters is 1. The van der Waals surface area contributed by atoms with Gasteiger partial charge < -0.3 is 9.84 Å². The summed E-state index contributed by atoms with van der Waals surface area (Å²) in [5.41, 5.74) is -2.97. The van der Waals surface area contributed by atoms with Crippen molar-refractivity contribution in [2.45, 2.75) is 52.6 Å². The van der Waals surface area contributed by atoms with Gasteiger partial charge in [0.05, 0.1) is 0 Å². The van der Waals surface area contributed by atoms with Crippen molar-refractivity contribution >= 4 is 33.4 Å². The Bertz CT molecular complexity index is 776. The van der Waals surface area contributed by atoms with Crippen LogP contribution in [0.5, 0.6) is 0 Å². The summed E-state index contributed by atoms with van der Waals surface area (Å²) in [7, 11) is 0. The van der Waals surface area contributed by atoms with Gasteiger partial charge in [-0.1, -0.05) is 26.8 Å². The van der Waals surface area contributed by atoms with Gasteiger partial charge in [-0.25, -0.2) is 0 Å². The summed E-state index contributed by atoms with van der Waals surface area (Å²) >= 11 is 1.58. The van der Waals surface area contributed by atoms with Gasteiger partial charge in [-0.2, -0.15) is 0 Å². The number of carbonyl (C=O) groups excluding carboxylic acids is 1. The maximum Gasteiger partial charge on any atom is 0.329 e. The molecule has 0 aliphatic heterocycles. The van der Waals surface area contributed by atoms with E-state index in [-0.39, 0.29) is 0 Å². The highest BCUT2D eigenvalue weighted by Gasteiger charge is 2.58. The lowest BCUT2D eigenvalue weighted by Crippen LogP contribution is -2.55. The Hall–Kier alpha value is -1.88. The standard InChI is InChI=1S/C19H24O4S/c1-17(2,3)19(15(20)21,16(22)23-18(4,5)6)13-7-8-14-12(11-13)9-10-24-14/h7-11H,1-6H3,(H,20,21). The first-order valence-electron chi connectivity index (χ1n) is 7.84. The summed E-state index contributed by atoms with van der Waals surface area (Å²) in [6.07, 6.45) is 0. The average molecular weight is 348 g/mol. The molecule has 2 rings (SSSR count). The molecule has 1 unspecified atom stereocenters. The van der Waals surface area contributed by atoms with Gasteiger partial charge in [-0.3, -0.25) is 9.59 Å². The van der Waals surface area contributed by atoms with Crippen LogP contribution in [-0.2, 0) is 19.7 Å². The largest absolute Gasteiger partial charge is 0.480 e. The number of carboxylic acid groups (broad SMARTS) is 1. The van der Waals surface area contributed by atoms with E-state index in [1.807, 2.05) is 17.5 Å². The summed E-state index contributed by atoms with van der Waals surface area (Å²) in [6, 6.07) is 7.30. The minimum atomic E-state index is -1.78. The minimum absolute atomic E-state index is 0.447. The Morgan fingerprint density at radius 2 is 1.67 bits per heavy atom. The molecule has 1 aromatic carbocycles. The Morgan fingerprint density at radius 1 is 1.04 bits per heavy atom. The molecular weight excluding hydrogens is 324 g/mol.